The predicted molar refractivity (Wildman–Crippen MR) is 236 cm³/mol. The molecule has 0 aliphatic carbocycles. The van der Waals surface area contributed by atoms with E-state index in [4.69, 9.17) is 80.0 Å². The molecule has 0 aromatic carbocycles. The van der Waals surface area contributed by atoms with E-state index in [0.29, 0.717) is 0 Å². The van der Waals surface area contributed by atoms with Crippen molar-refractivity contribution in [2.24, 2.45) is 0 Å². The average molecular weight is 1070 g/mol. The van der Waals surface area contributed by atoms with Crippen molar-refractivity contribution in [3.8, 4) is 0 Å². The zero-order chi connectivity index (χ0) is 50.4. The van der Waals surface area contributed by atoms with Gasteiger partial charge in [0.15, 0.2) is 41.3 Å². The van der Waals surface area contributed by atoms with Gasteiger partial charge in [0.05, 0.1) is 32.5 Å². The number of fused-ring (bicyclic) bond motifs is 2. The van der Waals surface area contributed by atoms with E-state index in [2.05, 4.69) is 39.4 Å². The Kier molecular flexibility index (Phi) is 15.3. The number of imidazole rings is 2. The van der Waals surface area contributed by atoms with Gasteiger partial charge in [0.1, 0.15) is 72.6 Å². The first kappa shape index (κ1) is 52.0. The monoisotopic (exact) mass is 1070 g/mol. The van der Waals surface area contributed by atoms with Crippen molar-refractivity contribution >= 4 is 74.1 Å². The molecule has 33 nitrogen and oxygen atoms in total. The van der Waals surface area contributed by atoms with Crippen LogP contribution in [-0.2, 0) is 76.5 Å². The second-order valence-corrected chi connectivity index (χ2v) is 21.0. The summed E-state index contributed by atoms with van der Waals surface area (Å²) >= 11 is 5.38. The molecule has 8 rings (SSSR count). The minimum atomic E-state index is -5.37. The first-order chi connectivity index (χ1) is 33.2. The summed E-state index contributed by atoms with van der Waals surface area (Å²) in [6, 6.07) is 1.26. The standard InChI is InChI=1S/C33H46N13O20P3S/c1-55-22-19(13(7-47)61-31(22)46-12-40-18-27(46)42-32(36)43-28(18)48)66-69(54,70)60-9-15-21(23(56-2)29(62-15)44-6-5-16(34)41-33(44)49)65-68(52,53)59-8-14-20(64-67(50,51)58-4)24(57-3)30(63-14)45-11-39-17-25(35)37-10-38-26(17)45/h5-6,10-15,19-24,29-31,47H,7-9H2,1-4H3,(H,50,51)(H,52,53)(H,54,70)(H2,34,41,49)(H2,35,37,38)(H3,36,42,43,48)/t13-,14-,15-,19+,20+,21+,22?,23?,24?,29-,30-,31-,69?/m1/s1. The van der Waals surface area contributed by atoms with Crippen LogP contribution in [0.3, 0.4) is 0 Å². The number of phosphoric ester groups is 2. The number of hydrogen-bond acceptors (Lipinski definition) is 27. The highest BCUT2D eigenvalue weighted by Gasteiger charge is 2.55. The first-order valence-electron chi connectivity index (χ1n) is 20.3. The zero-order valence-electron chi connectivity index (χ0n) is 36.8. The van der Waals surface area contributed by atoms with Crippen LogP contribution in [0.1, 0.15) is 18.7 Å². The summed E-state index contributed by atoms with van der Waals surface area (Å²) in [6.45, 7) is -6.88. The van der Waals surface area contributed by atoms with Gasteiger partial charge in [0.2, 0.25) is 5.95 Å². The zero-order valence-corrected chi connectivity index (χ0v) is 40.3. The van der Waals surface area contributed by atoms with E-state index in [1.807, 2.05) is 0 Å². The van der Waals surface area contributed by atoms with E-state index >= 15 is 0 Å². The van der Waals surface area contributed by atoms with E-state index in [-0.39, 0.29) is 39.9 Å². The number of nitrogens with one attached hydrogen (secondary N) is 1. The summed E-state index contributed by atoms with van der Waals surface area (Å²) in [5.41, 5.74) is 16.1. The average Bonchev–Trinajstić information content (AvgIpc) is 4.13. The van der Waals surface area contributed by atoms with Crippen LogP contribution in [0, 0.1) is 0 Å². The van der Waals surface area contributed by atoms with Crippen molar-refractivity contribution in [1.82, 2.24) is 48.6 Å². The highest BCUT2D eigenvalue weighted by molar-refractivity contribution is 8.07. The number of methoxy groups -OCH3 is 3. The molecule has 3 aliphatic rings. The van der Waals surface area contributed by atoms with Crippen LogP contribution in [0.15, 0.2) is 40.8 Å². The summed E-state index contributed by atoms with van der Waals surface area (Å²) in [7, 11) is -5.60. The molecule has 8 heterocycles. The molecule has 384 valence electrons. The summed E-state index contributed by atoms with van der Waals surface area (Å²) in [5.74, 6) is -0.347. The molecule has 3 saturated heterocycles. The quantitative estimate of drug-likeness (QED) is 0.0389. The molecule has 5 aromatic heterocycles. The summed E-state index contributed by atoms with van der Waals surface area (Å²) < 4.78 is 98.3. The molecule has 6 unspecified atom stereocenters. The van der Waals surface area contributed by atoms with Crippen molar-refractivity contribution in [1.29, 1.82) is 0 Å². The van der Waals surface area contributed by atoms with Crippen LogP contribution in [0.25, 0.3) is 22.3 Å². The minimum absolute atomic E-state index is 0.00313. The van der Waals surface area contributed by atoms with Crippen molar-refractivity contribution in [2.75, 3.05) is 65.5 Å². The van der Waals surface area contributed by atoms with Crippen molar-refractivity contribution < 1.29 is 84.5 Å². The number of phosphoric acid groups is 2. The number of aromatic nitrogens is 10. The van der Waals surface area contributed by atoms with Crippen LogP contribution >= 0.6 is 22.4 Å². The van der Waals surface area contributed by atoms with Gasteiger partial charge in [-0.25, -0.2) is 33.9 Å². The Balaban J connectivity index is 1.03. The van der Waals surface area contributed by atoms with Gasteiger partial charge in [0, 0.05) is 34.6 Å². The SMILES string of the molecule is COC1[C@@H](OP(=O)(O)OC[C@H]2O[C@@H](n3cnc4c(N)ncnc43)C(OC)[C@H]2OP(=O)(O)OC)[C@@H](COP(O)(=S)O[C@@H]2C(OC)[C@H](n3cnc4c(=O)[nH]c(N)nc43)O[C@@H]2CO)O[C@H]1n1ccc(N)nc1=O. The van der Waals surface area contributed by atoms with Crippen molar-refractivity contribution in [3.05, 3.63) is 52.1 Å². The second kappa shape index (κ2) is 20.6. The van der Waals surface area contributed by atoms with Crippen molar-refractivity contribution in [2.45, 2.75) is 73.6 Å². The minimum Gasteiger partial charge on any atom is -0.394 e. The Morgan fingerprint density at radius 3 is 1.83 bits per heavy atom. The number of rotatable bonds is 20. The maximum Gasteiger partial charge on any atom is 0.472 e. The van der Waals surface area contributed by atoms with Crippen LogP contribution in [0.4, 0.5) is 17.6 Å². The molecule has 0 radical (unpaired) electrons. The first-order valence-corrected chi connectivity index (χ1v) is 25.8. The number of hydrogen-bond donors (Lipinski definition) is 8. The molecular formula is C33H46N13O20P3S. The Bertz CT molecular complexity index is 2970. The van der Waals surface area contributed by atoms with Gasteiger partial charge in [-0.2, -0.15) is 9.97 Å². The summed E-state index contributed by atoms with van der Waals surface area (Å²) in [5, 5.41) is 10.3. The molecule has 70 heavy (non-hydrogen) atoms. The maximum absolute atomic E-state index is 14.0. The van der Waals surface area contributed by atoms with Gasteiger partial charge in [-0.15, -0.1) is 0 Å². The topological polar surface area (TPSA) is 446 Å². The van der Waals surface area contributed by atoms with Gasteiger partial charge in [-0.05, 0) is 17.9 Å². The normalized spacial score (nSPS) is 30.7. The van der Waals surface area contributed by atoms with E-state index < -0.39 is 127 Å². The molecule has 0 spiro atoms. The van der Waals surface area contributed by atoms with Gasteiger partial charge >= 0.3 is 28.1 Å². The maximum atomic E-state index is 14.0. The van der Waals surface area contributed by atoms with Gasteiger partial charge in [-0.3, -0.25) is 46.1 Å². The molecule has 0 saturated carbocycles. The Labute approximate surface area is 397 Å². The Morgan fingerprint density at radius 2 is 1.24 bits per heavy atom. The van der Waals surface area contributed by atoms with E-state index in [0.717, 1.165) is 18.0 Å². The number of aliphatic hydroxyl groups is 1. The van der Waals surface area contributed by atoms with Crippen LogP contribution in [0.5, 0.6) is 0 Å². The summed E-state index contributed by atoms with van der Waals surface area (Å²) in [4.78, 5) is 85.3. The van der Waals surface area contributed by atoms with Gasteiger partial charge < -0.3 is 69.9 Å². The second-order valence-electron chi connectivity index (χ2n) is 15.3. The van der Waals surface area contributed by atoms with Crippen LogP contribution in [0.2, 0.25) is 0 Å². The number of nitrogens with two attached hydrogens (primary N) is 3. The number of nitrogen functional groups attached to an aromatic ring is 3. The third-order valence-electron chi connectivity index (χ3n) is 11.2. The molecule has 3 fully saturated rings. The molecule has 5 aromatic rings. The highest BCUT2D eigenvalue weighted by Crippen LogP contribution is 2.54. The number of ether oxygens (including phenoxy) is 6. The number of nitrogens with zero attached hydrogens (tertiary/aromatic N) is 9. The summed E-state index contributed by atoms with van der Waals surface area (Å²) in [6.07, 6.45) is -11.8. The molecule has 15 atom stereocenters. The third kappa shape index (κ3) is 10.4. The highest BCUT2D eigenvalue weighted by atomic mass is 32.5. The lowest BCUT2D eigenvalue weighted by Gasteiger charge is -2.28. The predicted octanol–water partition coefficient (Wildman–Crippen LogP) is -2.05. The van der Waals surface area contributed by atoms with E-state index in [1.54, 1.807) is 0 Å². The van der Waals surface area contributed by atoms with E-state index in [9.17, 15) is 38.5 Å². The van der Waals surface area contributed by atoms with Gasteiger partial charge in [-0.1, -0.05) is 0 Å². The van der Waals surface area contributed by atoms with E-state index in [1.165, 1.54) is 55.4 Å². The van der Waals surface area contributed by atoms with Crippen LogP contribution in [-0.4, -0.2) is 172 Å². The fraction of sp³-hybridized carbons (Fsp3) is 0.576. The largest absolute Gasteiger partial charge is 0.472 e. The molecule has 0 bridgehead atoms. The van der Waals surface area contributed by atoms with Gasteiger partial charge in [0.25, 0.3) is 5.56 Å². The molecule has 0 amide bonds. The lowest BCUT2D eigenvalue weighted by molar-refractivity contribution is -0.0636. The molecule has 3 aliphatic heterocycles. The third-order valence-corrected chi connectivity index (χ3v) is 14.7. The molecular weight excluding hydrogens is 1020 g/mol. The molecule has 37 heteroatoms. The molecule has 11 N–H and O–H groups in total. The fourth-order valence-electron chi connectivity index (χ4n) is 8.05. The van der Waals surface area contributed by atoms with Crippen LogP contribution < -0.4 is 28.5 Å². The number of anilines is 3. The number of aliphatic hydroxyl groups excluding tert-OH is 1. The lowest BCUT2D eigenvalue weighted by Crippen LogP contribution is -2.40. The lowest BCUT2D eigenvalue weighted by atomic mass is 10.1. The Hall–Kier alpha value is -4.35. The van der Waals surface area contributed by atoms with Crippen molar-refractivity contribution in [3.63, 3.8) is 0 Å². The fourth-order valence-corrected chi connectivity index (χ4v) is 11.1. The number of aromatic amines is 1. The number of H-pyrrole nitrogens is 1. The Morgan fingerprint density at radius 1 is 0.700 bits per heavy atom. The smallest absolute Gasteiger partial charge is 0.394 e.